The second-order valence-corrected chi connectivity index (χ2v) is 17.1. The maximum absolute atomic E-state index is 5.06. The number of benzene rings is 10. The Hall–Kier alpha value is -7.99. The monoisotopic (exact) mass is 806 g/mol. The molecule has 13 rings (SSSR count). The Morgan fingerprint density at radius 2 is 0.742 bits per heavy atom. The van der Waals surface area contributed by atoms with Crippen molar-refractivity contribution in [2.24, 2.45) is 0 Å². The van der Waals surface area contributed by atoms with Gasteiger partial charge in [0.2, 0.25) is 0 Å². The van der Waals surface area contributed by atoms with Crippen molar-refractivity contribution in [2.45, 2.75) is 0 Å². The van der Waals surface area contributed by atoms with Crippen molar-refractivity contribution in [3.63, 3.8) is 0 Å². The van der Waals surface area contributed by atoms with Gasteiger partial charge in [-0.15, -0.1) is 11.3 Å². The van der Waals surface area contributed by atoms with Crippen LogP contribution in [0.2, 0.25) is 0 Å². The van der Waals surface area contributed by atoms with Crippen molar-refractivity contribution in [1.82, 2.24) is 19.5 Å². The van der Waals surface area contributed by atoms with Crippen LogP contribution in [0.25, 0.3) is 125 Å². The van der Waals surface area contributed by atoms with Crippen LogP contribution < -0.4 is 0 Å². The molecular formula is C57H34N4S. The van der Waals surface area contributed by atoms with Gasteiger partial charge in [-0.2, -0.15) is 0 Å². The molecule has 0 saturated carbocycles. The predicted octanol–water partition coefficient (Wildman–Crippen LogP) is 15.5. The minimum atomic E-state index is 0.647. The summed E-state index contributed by atoms with van der Waals surface area (Å²) in [5.74, 6) is 1.95. The van der Waals surface area contributed by atoms with Crippen LogP contribution in [-0.4, -0.2) is 19.5 Å². The highest BCUT2D eigenvalue weighted by Crippen LogP contribution is 2.42. The van der Waals surface area contributed by atoms with E-state index in [0.717, 1.165) is 22.4 Å². The third-order valence-corrected chi connectivity index (χ3v) is 13.6. The van der Waals surface area contributed by atoms with Crippen molar-refractivity contribution < 1.29 is 0 Å². The number of aromatic nitrogens is 4. The molecule has 0 aliphatic carbocycles. The molecule has 288 valence electrons. The van der Waals surface area contributed by atoms with Crippen LogP contribution in [0, 0.1) is 0 Å². The molecule has 0 atom stereocenters. The highest BCUT2D eigenvalue weighted by Gasteiger charge is 2.18. The lowest BCUT2D eigenvalue weighted by Gasteiger charge is -2.15. The molecule has 0 bridgehead atoms. The molecule has 10 aromatic carbocycles. The Labute approximate surface area is 360 Å². The Morgan fingerprint density at radius 3 is 1.45 bits per heavy atom. The molecule has 0 fully saturated rings. The zero-order chi connectivity index (χ0) is 40.7. The van der Waals surface area contributed by atoms with Crippen LogP contribution in [0.4, 0.5) is 0 Å². The minimum absolute atomic E-state index is 0.647. The lowest BCUT2D eigenvalue weighted by Crippen LogP contribution is -2.00. The number of rotatable bonds is 5. The molecule has 0 unspecified atom stereocenters. The lowest BCUT2D eigenvalue weighted by atomic mass is 9.93. The summed E-state index contributed by atoms with van der Waals surface area (Å²) in [5.41, 5.74) is 8.82. The van der Waals surface area contributed by atoms with E-state index >= 15 is 0 Å². The molecule has 0 saturated heterocycles. The summed E-state index contributed by atoms with van der Waals surface area (Å²) in [7, 11) is 0. The Bertz CT molecular complexity index is 3850. The first-order chi connectivity index (χ1) is 30.7. The standard InChI is InChI=1S/C57H34N4S/c1-3-13-35(14-4-1)55-58-56(36-15-5-2-6-16-36)60-57(59-55)39-23-27-43-44-28-26-40(34-48(44)42-18-8-7-17-41(42)47(43)33-39)61-51-21-11-9-19-45(51)49-31-37(24-29-52(49)61)38-25-30-54-50(32-38)46-20-10-12-22-53(46)62-54/h1-34H. The summed E-state index contributed by atoms with van der Waals surface area (Å²) in [5, 5.41) is 12.3. The summed E-state index contributed by atoms with van der Waals surface area (Å²) in [6.45, 7) is 0. The molecule has 0 N–H and O–H groups in total. The maximum atomic E-state index is 5.06. The highest BCUT2D eigenvalue weighted by atomic mass is 32.1. The van der Waals surface area contributed by atoms with E-state index in [1.807, 2.05) is 72.0 Å². The third-order valence-electron chi connectivity index (χ3n) is 12.4. The van der Waals surface area contributed by atoms with Crippen molar-refractivity contribution in [2.75, 3.05) is 0 Å². The van der Waals surface area contributed by atoms with Gasteiger partial charge in [-0.1, -0.05) is 152 Å². The maximum Gasteiger partial charge on any atom is 0.164 e. The van der Waals surface area contributed by atoms with Crippen molar-refractivity contribution in [3.05, 3.63) is 206 Å². The van der Waals surface area contributed by atoms with Gasteiger partial charge in [0.15, 0.2) is 17.5 Å². The number of nitrogens with zero attached hydrogens (tertiary/aromatic N) is 4. The van der Waals surface area contributed by atoms with Gasteiger partial charge in [0, 0.05) is 53.3 Å². The molecule has 0 amide bonds. The quantitative estimate of drug-likeness (QED) is 0.163. The molecule has 0 aliphatic rings. The number of thiophene rings is 1. The van der Waals surface area contributed by atoms with Crippen LogP contribution in [0.1, 0.15) is 0 Å². The topological polar surface area (TPSA) is 43.6 Å². The average molecular weight is 807 g/mol. The normalized spacial score (nSPS) is 11.9. The molecule has 3 aromatic heterocycles. The van der Waals surface area contributed by atoms with E-state index in [-0.39, 0.29) is 0 Å². The van der Waals surface area contributed by atoms with Gasteiger partial charge < -0.3 is 4.57 Å². The first kappa shape index (κ1) is 34.8. The largest absolute Gasteiger partial charge is 0.309 e. The fraction of sp³-hybridized carbons (Fsp3) is 0. The van der Waals surface area contributed by atoms with E-state index in [2.05, 4.69) is 150 Å². The van der Waals surface area contributed by atoms with Gasteiger partial charge in [-0.05, 0) is 98.0 Å². The van der Waals surface area contributed by atoms with E-state index in [0.29, 0.717) is 17.5 Å². The van der Waals surface area contributed by atoms with E-state index in [1.54, 1.807) is 0 Å². The van der Waals surface area contributed by atoms with Gasteiger partial charge in [-0.25, -0.2) is 15.0 Å². The SMILES string of the molecule is c1ccc(-c2nc(-c3ccccc3)nc(-c3ccc4c5ccc(-n6c7ccccc7c7cc(-c8ccc9sc%10ccccc%10c9c8)ccc76)cc5c5ccccc5c4c3)n2)cc1. The zero-order valence-electron chi connectivity index (χ0n) is 33.3. The highest BCUT2D eigenvalue weighted by molar-refractivity contribution is 7.25. The van der Waals surface area contributed by atoms with E-state index in [9.17, 15) is 0 Å². The molecule has 62 heavy (non-hydrogen) atoms. The Kier molecular flexibility index (Phi) is 7.74. The Balaban J connectivity index is 0.966. The van der Waals surface area contributed by atoms with E-state index in [1.165, 1.54) is 85.4 Å². The molecule has 0 radical (unpaired) electrons. The molecule has 5 heteroatoms. The fourth-order valence-corrected chi connectivity index (χ4v) is 10.6. The lowest BCUT2D eigenvalue weighted by molar-refractivity contribution is 1.07. The van der Waals surface area contributed by atoms with Gasteiger partial charge in [-0.3, -0.25) is 0 Å². The number of hydrogen-bond acceptors (Lipinski definition) is 4. The smallest absolute Gasteiger partial charge is 0.164 e. The Morgan fingerprint density at radius 1 is 0.274 bits per heavy atom. The van der Waals surface area contributed by atoms with Crippen LogP contribution in [0.5, 0.6) is 0 Å². The number of hydrogen-bond donors (Lipinski definition) is 0. The zero-order valence-corrected chi connectivity index (χ0v) is 34.1. The predicted molar refractivity (Wildman–Crippen MR) is 261 cm³/mol. The summed E-state index contributed by atoms with van der Waals surface area (Å²) < 4.78 is 5.08. The van der Waals surface area contributed by atoms with Gasteiger partial charge in [0.05, 0.1) is 11.0 Å². The van der Waals surface area contributed by atoms with Gasteiger partial charge in [0.1, 0.15) is 0 Å². The van der Waals surface area contributed by atoms with Crippen LogP contribution in [0.3, 0.4) is 0 Å². The summed E-state index contributed by atoms with van der Waals surface area (Å²) in [6, 6.07) is 74.1. The van der Waals surface area contributed by atoms with Crippen molar-refractivity contribution in [3.8, 4) is 51.0 Å². The number of fused-ring (bicyclic) bond motifs is 12. The van der Waals surface area contributed by atoms with Crippen LogP contribution in [-0.2, 0) is 0 Å². The second-order valence-electron chi connectivity index (χ2n) is 16.0. The first-order valence-corrected chi connectivity index (χ1v) is 21.7. The van der Waals surface area contributed by atoms with E-state index in [4.69, 9.17) is 15.0 Å². The third kappa shape index (κ3) is 5.49. The molecule has 0 aliphatic heterocycles. The van der Waals surface area contributed by atoms with E-state index < -0.39 is 0 Å². The van der Waals surface area contributed by atoms with Crippen LogP contribution >= 0.6 is 11.3 Å². The average Bonchev–Trinajstić information content (AvgIpc) is 3.89. The molecule has 4 nitrogen and oxygen atoms in total. The summed E-state index contributed by atoms with van der Waals surface area (Å²) in [6.07, 6.45) is 0. The fourth-order valence-electron chi connectivity index (χ4n) is 9.50. The summed E-state index contributed by atoms with van der Waals surface area (Å²) in [4.78, 5) is 15.0. The second kappa shape index (κ2) is 13.8. The molecule has 0 spiro atoms. The van der Waals surface area contributed by atoms with Crippen LogP contribution in [0.15, 0.2) is 206 Å². The summed E-state index contributed by atoms with van der Waals surface area (Å²) >= 11 is 1.86. The molecular weight excluding hydrogens is 773 g/mol. The molecule has 3 heterocycles. The van der Waals surface area contributed by atoms with Gasteiger partial charge >= 0.3 is 0 Å². The number of para-hydroxylation sites is 1. The van der Waals surface area contributed by atoms with Crippen molar-refractivity contribution in [1.29, 1.82) is 0 Å². The molecule has 13 aromatic rings. The van der Waals surface area contributed by atoms with Gasteiger partial charge in [0.25, 0.3) is 0 Å². The van der Waals surface area contributed by atoms with Crippen molar-refractivity contribution >= 4 is 85.6 Å². The minimum Gasteiger partial charge on any atom is -0.309 e. The first-order valence-electron chi connectivity index (χ1n) is 20.9.